The summed E-state index contributed by atoms with van der Waals surface area (Å²) in [5.41, 5.74) is 11.8. The number of rotatable bonds is 4. The number of nitrogens with zero attached hydrogens (tertiary/aromatic N) is 3. The maximum absolute atomic E-state index is 6.30. The molecule has 0 saturated carbocycles. The van der Waals surface area contributed by atoms with Crippen LogP contribution in [-0.2, 0) is 5.41 Å². The summed E-state index contributed by atoms with van der Waals surface area (Å²) in [4.78, 5) is 15.2. The normalized spacial score (nSPS) is 13.2. The lowest BCUT2D eigenvalue weighted by Crippen LogP contribution is -2.15. The third kappa shape index (κ3) is 4.42. The zero-order valence-corrected chi connectivity index (χ0v) is 27.7. The van der Waals surface area contributed by atoms with Gasteiger partial charge in [0.1, 0.15) is 11.2 Å². The minimum Gasteiger partial charge on any atom is -0.456 e. The molecule has 1 aliphatic carbocycles. The van der Waals surface area contributed by atoms with E-state index in [4.69, 9.17) is 19.4 Å². The smallest absolute Gasteiger partial charge is 0.164 e. The molecule has 0 atom stereocenters. The number of benzene rings is 7. The van der Waals surface area contributed by atoms with E-state index in [2.05, 4.69) is 141 Å². The van der Waals surface area contributed by atoms with Crippen LogP contribution in [0.2, 0.25) is 0 Å². The van der Waals surface area contributed by atoms with Gasteiger partial charge in [0.15, 0.2) is 17.5 Å². The molecule has 2 aromatic heterocycles. The van der Waals surface area contributed by atoms with Crippen LogP contribution in [0.4, 0.5) is 0 Å². The number of furan rings is 1. The minimum atomic E-state index is -0.260. The van der Waals surface area contributed by atoms with Gasteiger partial charge in [-0.25, -0.2) is 15.0 Å². The van der Waals surface area contributed by atoms with Crippen molar-refractivity contribution < 1.29 is 4.42 Å². The van der Waals surface area contributed by atoms with E-state index >= 15 is 0 Å². The first kappa shape index (κ1) is 28.6. The van der Waals surface area contributed by atoms with Gasteiger partial charge in [0, 0.05) is 32.9 Å². The fraction of sp³-hybridized carbons (Fsp3) is 0.0652. The Kier molecular flexibility index (Phi) is 6.19. The quantitative estimate of drug-likeness (QED) is 0.192. The van der Waals surface area contributed by atoms with Gasteiger partial charge in [-0.15, -0.1) is 0 Å². The molecule has 236 valence electrons. The summed E-state index contributed by atoms with van der Waals surface area (Å²) in [5, 5.41) is 4.82. The molecular formula is C46H31N3O. The number of aromatic nitrogens is 3. The summed E-state index contributed by atoms with van der Waals surface area (Å²) < 4.78 is 6.30. The predicted molar refractivity (Wildman–Crippen MR) is 204 cm³/mol. The predicted octanol–water partition coefficient (Wildman–Crippen LogP) is 11.9. The Morgan fingerprint density at radius 2 is 1.04 bits per heavy atom. The van der Waals surface area contributed by atoms with Crippen LogP contribution in [0.1, 0.15) is 25.0 Å². The molecule has 0 amide bonds. The molecule has 0 saturated heterocycles. The molecule has 50 heavy (non-hydrogen) atoms. The van der Waals surface area contributed by atoms with Crippen LogP contribution in [0, 0.1) is 0 Å². The van der Waals surface area contributed by atoms with Gasteiger partial charge in [-0.05, 0) is 68.4 Å². The Balaban J connectivity index is 1.09. The van der Waals surface area contributed by atoms with E-state index in [9.17, 15) is 0 Å². The third-order valence-electron chi connectivity index (χ3n) is 10.3. The average molecular weight is 642 g/mol. The Bertz CT molecular complexity index is 2780. The lowest BCUT2D eigenvalue weighted by Gasteiger charge is -2.22. The SMILES string of the molecule is CC1(C)c2cc(-c3nc(-c4ccccc4)nc(-c4ccc(-c5ccc6ccccc6c5)cc4)n3)ccc2-c2ccc3oc4ccccc4c3c21. The van der Waals surface area contributed by atoms with Crippen LogP contribution in [0.3, 0.4) is 0 Å². The van der Waals surface area contributed by atoms with Crippen molar-refractivity contribution in [3.63, 3.8) is 0 Å². The van der Waals surface area contributed by atoms with Crippen molar-refractivity contribution in [2.75, 3.05) is 0 Å². The molecule has 10 rings (SSSR count). The van der Waals surface area contributed by atoms with E-state index in [0.717, 1.165) is 38.8 Å². The second-order valence-electron chi connectivity index (χ2n) is 13.7. The molecule has 0 spiro atoms. The van der Waals surface area contributed by atoms with Gasteiger partial charge in [-0.2, -0.15) is 0 Å². The highest BCUT2D eigenvalue weighted by atomic mass is 16.3. The van der Waals surface area contributed by atoms with Gasteiger partial charge in [0.25, 0.3) is 0 Å². The molecule has 4 heteroatoms. The first-order valence-corrected chi connectivity index (χ1v) is 17.0. The Hall–Kier alpha value is -6.39. The monoisotopic (exact) mass is 641 g/mol. The molecule has 9 aromatic rings. The Labute approximate surface area is 289 Å². The number of para-hydroxylation sites is 1. The topological polar surface area (TPSA) is 51.8 Å². The zero-order valence-electron chi connectivity index (χ0n) is 27.7. The number of fused-ring (bicyclic) bond motifs is 8. The fourth-order valence-corrected chi connectivity index (χ4v) is 7.79. The standard InChI is InChI=1S/C46H31N3O/c1-46(2)38-27-34(22-23-35(38)36-24-25-40-41(42(36)46)37-14-8-9-15-39(37)50-40)45-48-43(30-11-4-3-5-12-30)47-44(49-45)31-19-16-29(17-20-31)33-21-18-28-10-6-7-13-32(28)26-33/h3-27H,1-2H3. The molecule has 0 aliphatic heterocycles. The number of hydrogen-bond donors (Lipinski definition) is 0. The second-order valence-corrected chi connectivity index (χ2v) is 13.7. The molecule has 0 fully saturated rings. The molecular weight excluding hydrogens is 611 g/mol. The summed E-state index contributed by atoms with van der Waals surface area (Å²) in [6.07, 6.45) is 0. The maximum Gasteiger partial charge on any atom is 0.164 e. The molecule has 4 nitrogen and oxygen atoms in total. The highest BCUT2D eigenvalue weighted by Crippen LogP contribution is 2.53. The lowest BCUT2D eigenvalue weighted by atomic mass is 9.80. The average Bonchev–Trinajstić information content (AvgIpc) is 3.66. The van der Waals surface area contributed by atoms with E-state index in [1.165, 1.54) is 44.0 Å². The van der Waals surface area contributed by atoms with Crippen LogP contribution in [0.25, 0.3) is 89.1 Å². The van der Waals surface area contributed by atoms with Crippen molar-refractivity contribution in [2.24, 2.45) is 0 Å². The highest BCUT2D eigenvalue weighted by molar-refractivity contribution is 6.11. The van der Waals surface area contributed by atoms with Gasteiger partial charge in [0.2, 0.25) is 0 Å². The van der Waals surface area contributed by atoms with E-state index in [1.807, 2.05) is 24.3 Å². The van der Waals surface area contributed by atoms with Gasteiger partial charge in [0.05, 0.1) is 0 Å². The van der Waals surface area contributed by atoms with Gasteiger partial charge >= 0.3 is 0 Å². The zero-order chi connectivity index (χ0) is 33.4. The molecule has 0 bridgehead atoms. The Morgan fingerprint density at radius 1 is 0.440 bits per heavy atom. The van der Waals surface area contributed by atoms with E-state index < -0.39 is 0 Å². The first-order chi connectivity index (χ1) is 24.5. The van der Waals surface area contributed by atoms with Crippen molar-refractivity contribution in [3.05, 3.63) is 163 Å². The van der Waals surface area contributed by atoms with Crippen molar-refractivity contribution in [1.82, 2.24) is 15.0 Å². The van der Waals surface area contributed by atoms with Gasteiger partial charge < -0.3 is 4.42 Å². The molecule has 2 heterocycles. The van der Waals surface area contributed by atoms with Crippen molar-refractivity contribution >= 4 is 32.7 Å². The third-order valence-corrected chi connectivity index (χ3v) is 10.3. The fourth-order valence-electron chi connectivity index (χ4n) is 7.79. The van der Waals surface area contributed by atoms with E-state index in [-0.39, 0.29) is 5.41 Å². The summed E-state index contributed by atoms with van der Waals surface area (Å²) >= 11 is 0. The summed E-state index contributed by atoms with van der Waals surface area (Å²) in [6, 6.07) is 53.1. The van der Waals surface area contributed by atoms with Gasteiger partial charge in [-0.3, -0.25) is 0 Å². The summed E-state index contributed by atoms with van der Waals surface area (Å²) in [5.74, 6) is 1.95. The Morgan fingerprint density at radius 3 is 1.84 bits per heavy atom. The van der Waals surface area contributed by atoms with Gasteiger partial charge in [-0.1, -0.05) is 141 Å². The largest absolute Gasteiger partial charge is 0.456 e. The second kappa shape index (κ2) is 10.8. The molecule has 1 aliphatic rings. The van der Waals surface area contributed by atoms with E-state index in [0.29, 0.717) is 17.5 Å². The van der Waals surface area contributed by atoms with E-state index in [1.54, 1.807) is 0 Å². The molecule has 7 aromatic carbocycles. The number of hydrogen-bond acceptors (Lipinski definition) is 4. The maximum atomic E-state index is 6.30. The summed E-state index contributed by atoms with van der Waals surface area (Å²) in [7, 11) is 0. The van der Waals surface area contributed by atoms with Crippen molar-refractivity contribution in [2.45, 2.75) is 19.3 Å². The molecule has 0 radical (unpaired) electrons. The van der Waals surface area contributed by atoms with Crippen LogP contribution in [0.15, 0.2) is 156 Å². The summed E-state index contributed by atoms with van der Waals surface area (Å²) in [6.45, 7) is 4.63. The lowest BCUT2D eigenvalue weighted by molar-refractivity contribution is 0.657. The molecule has 0 unspecified atom stereocenters. The van der Waals surface area contributed by atoms with Crippen LogP contribution in [0.5, 0.6) is 0 Å². The first-order valence-electron chi connectivity index (χ1n) is 17.0. The van der Waals surface area contributed by atoms with Crippen molar-refractivity contribution in [3.8, 4) is 56.4 Å². The van der Waals surface area contributed by atoms with Crippen LogP contribution < -0.4 is 0 Å². The van der Waals surface area contributed by atoms with Crippen molar-refractivity contribution in [1.29, 1.82) is 0 Å². The molecule has 0 N–H and O–H groups in total. The highest BCUT2D eigenvalue weighted by Gasteiger charge is 2.38. The van der Waals surface area contributed by atoms with Crippen LogP contribution in [-0.4, -0.2) is 15.0 Å². The minimum absolute atomic E-state index is 0.260. The van der Waals surface area contributed by atoms with Crippen LogP contribution >= 0.6 is 0 Å².